The highest BCUT2D eigenvalue weighted by Crippen LogP contribution is 2.15. The smallest absolute Gasteiger partial charge is 0.336 e. The van der Waals surface area contributed by atoms with Crippen LogP contribution in [0.1, 0.15) is 51.4 Å². The van der Waals surface area contributed by atoms with Crippen LogP contribution >= 0.6 is 0 Å². The van der Waals surface area contributed by atoms with Gasteiger partial charge in [0.1, 0.15) is 0 Å². The van der Waals surface area contributed by atoms with Crippen LogP contribution in [0.2, 0.25) is 0 Å². The second-order valence-corrected chi connectivity index (χ2v) is 5.18. The highest BCUT2D eigenvalue weighted by atomic mass is 16.4. The van der Waals surface area contributed by atoms with E-state index in [1.807, 2.05) is 0 Å². The van der Waals surface area contributed by atoms with E-state index in [-0.39, 0.29) is 12.8 Å². The molecule has 25 heavy (non-hydrogen) atoms. The third-order valence-electron chi connectivity index (χ3n) is 2.82. The third kappa shape index (κ3) is 16.0. The quantitative estimate of drug-likeness (QED) is 0.258. The van der Waals surface area contributed by atoms with Gasteiger partial charge in [0.25, 0.3) is 0 Å². The number of carboxylic acid groups (broad SMARTS) is 5. The SMILES string of the molecule is O=C(O)CC(O)(CC(=O)O)C(=O)O.O=C(O)CCCCCCC(=O)O. The van der Waals surface area contributed by atoms with Gasteiger partial charge >= 0.3 is 29.8 Å². The summed E-state index contributed by atoms with van der Waals surface area (Å²) >= 11 is 0. The van der Waals surface area contributed by atoms with E-state index in [0.29, 0.717) is 12.8 Å². The molecule has 0 rings (SSSR count). The first-order chi connectivity index (χ1) is 11.4. The number of rotatable bonds is 12. The molecule has 0 radical (unpaired) electrons. The summed E-state index contributed by atoms with van der Waals surface area (Å²) in [4.78, 5) is 50.6. The molecule has 11 nitrogen and oxygen atoms in total. The summed E-state index contributed by atoms with van der Waals surface area (Å²) in [6.45, 7) is 0. The van der Waals surface area contributed by atoms with E-state index in [1.165, 1.54) is 0 Å². The number of aliphatic hydroxyl groups is 1. The number of aliphatic carboxylic acids is 5. The number of unbranched alkanes of at least 4 members (excludes halogenated alkanes) is 3. The molecule has 0 heterocycles. The van der Waals surface area contributed by atoms with Crippen molar-refractivity contribution < 1.29 is 54.6 Å². The maximum Gasteiger partial charge on any atom is 0.336 e. The number of hydrogen-bond acceptors (Lipinski definition) is 6. The molecule has 0 saturated heterocycles. The van der Waals surface area contributed by atoms with Gasteiger partial charge in [0.2, 0.25) is 0 Å². The lowest BCUT2D eigenvalue weighted by molar-refractivity contribution is -0.170. The Kier molecular flexibility index (Phi) is 12.5. The molecule has 0 aromatic carbocycles. The first-order valence-electron chi connectivity index (χ1n) is 7.23. The molecule has 144 valence electrons. The average Bonchev–Trinajstić information content (AvgIpc) is 2.40. The Morgan fingerprint density at radius 1 is 0.560 bits per heavy atom. The van der Waals surface area contributed by atoms with E-state index in [4.69, 9.17) is 30.6 Å². The van der Waals surface area contributed by atoms with Crippen molar-refractivity contribution in [3.63, 3.8) is 0 Å². The van der Waals surface area contributed by atoms with E-state index in [2.05, 4.69) is 0 Å². The molecule has 0 spiro atoms. The number of hydrogen-bond donors (Lipinski definition) is 6. The molecule has 0 unspecified atom stereocenters. The van der Waals surface area contributed by atoms with Crippen molar-refractivity contribution >= 4 is 29.8 Å². The van der Waals surface area contributed by atoms with Gasteiger partial charge in [-0.25, -0.2) is 4.79 Å². The van der Waals surface area contributed by atoms with E-state index in [9.17, 15) is 24.0 Å². The van der Waals surface area contributed by atoms with Crippen LogP contribution in [0.3, 0.4) is 0 Å². The van der Waals surface area contributed by atoms with Gasteiger partial charge in [0, 0.05) is 12.8 Å². The average molecular weight is 366 g/mol. The van der Waals surface area contributed by atoms with Gasteiger partial charge in [0.05, 0.1) is 12.8 Å². The lowest BCUT2D eigenvalue weighted by Crippen LogP contribution is -2.42. The Bertz CT molecular complexity index is 449. The first-order valence-corrected chi connectivity index (χ1v) is 7.23. The van der Waals surface area contributed by atoms with Gasteiger partial charge in [0.15, 0.2) is 5.60 Å². The van der Waals surface area contributed by atoms with Gasteiger partial charge in [-0.05, 0) is 12.8 Å². The molecular formula is C14H22O11. The molecule has 0 aliphatic heterocycles. The lowest BCUT2D eigenvalue weighted by Gasteiger charge is -2.18. The van der Waals surface area contributed by atoms with E-state index >= 15 is 0 Å². The van der Waals surface area contributed by atoms with Crippen LogP contribution in [0, 0.1) is 0 Å². The van der Waals surface area contributed by atoms with Crippen LogP contribution < -0.4 is 0 Å². The van der Waals surface area contributed by atoms with Gasteiger partial charge in [-0.15, -0.1) is 0 Å². The zero-order chi connectivity index (χ0) is 20.0. The van der Waals surface area contributed by atoms with Crippen LogP contribution in [-0.4, -0.2) is 66.1 Å². The zero-order valence-corrected chi connectivity index (χ0v) is 13.4. The summed E-state index contributed by atoms with van der Waals surface area (Å²) in [7, 11) is 0. The predicted octanol–water partition coefficient (Wildman–Crippen LogP) is 0.248. The molecular weight excluding hydrogens is 344 g/mol. The molecule has 0 saturated carbocycles. The van der Waals surface area contributed by atoms with E-state index in [1.54, 1.807) is 0 Å². The minimum Gasteiger partial charge on any atom is -0.481 e. The number of carbonyl (C=O) groups is 5. The van der Waals surface area contributed by atoms with Crippen LogP contribution in [0.5, 0.6) is 0 Å². The van der Waals surface area contributed by atoms with Gasteiger partial charge in [-0.3, -0.25) is 19.2 Å². The summed E-state index contributed by atoms with van der Waals surface area (Å²) in [6.07, 6.45) is 0.993. The molecule has 0 aromatic heterocycles. The Balaban J connectivity index is 0. The van der Waals surface area contributed by atoms with Crippen molar-refractivity contribution in [2.45, 2.75) is 57.0 Å². The van der Waals surface area contributed by atoms with E-state index in [0.717, 1.165) is 12.8 Å². The predicted molar refractivity (Wildman–Crippen MR) is 80.1 cm³/mol. The lowest BCUT2D eigenvalue weighted by atomic mass is 9.96. The third-order valence-corrected chi connectivity index (χ3v) is 2.82. The second-order valence-electron chi connectivity index (χ2n) is 5.18. The Hall–Kier alpha value is -2.69. The largest absolute Gasteiger partial charge is 0.481 e. The van der Waals surface area contributed by atoms with E-state index < -0.39 is 48.3 Å². The topological polar surface area (TPSA) is 207 Å². The normalized spacial score (nSPS) is 10.3. The van der Waals surface area contributed by atoms with Crippen LogP contribution in [0.4, 0.5) is 0 Å². The van der Waals surface area contributed by atoms with Gasteiger partial charge in [-0.1, -0.05) is 12.8 Å². The summed E-state index contributed by atoms with van der Waals surface area (Å²) in [5.41, 5.74) is -2.74. The zero-order valence-electron chi connectivity index (χ0n) is 13.4. The second kappa shape index (κ2) is 12.7. The highest BCUT2D eigenvalue weighted by molar-refractivity contribution is 5.88. The molecule has 11 heteroatoms. The minimum absolute atomic E-state index is 0.188. The Morgan fingerprint density at radius 2 is 0.880 bits per heavy atom. The minimum atomic E-state index is -2.74. The van der Waals surface area contributed by atoms with Gasteiger partial charge in [-0.2, -0.15) is 0 Å². The monoisotopic (exact) mass is 366 g/mol. The van der Waals surface area contributed by atoms with Crippen molar-refractivity contribution in [2.75, 3.05) is 0 Å². The first kappa shape index (κ1) is 24.6. The fourth-order valence-corrected chi connectivity index (χ4v) is 1.62. The van der Waals surface area contributed by atoms with Crippen molar-refractivity contribution in [1.29, 1.82) is 0 Å². The van der Waals surface area contributed by atoms with Crippen molar-refractivity contribution in [2.24, 2.45) is 0 Å². The van der Waals surface area contributed by atoms with Crippen LogP contribution in [0.25, 0.3) is 0 Å². The standard InChI is InChI=1S/C8H14O4.C6H8O7/c9-7(10)5-3-1-2-4-6-8(11)12;7-3(8)1-6(13,5(11)12)2-4(9)10/h1-6H2,(H,9,10)(H,11,12);13H,1-2H2,(H,7,8)(H,9,10)(H,11,12). The fraction of sp³-hybridized carbons (Fsp3) is 0.643. The maximum absolute atomic E-state index is 10.3. The fourth-order valence-electron chi connectivity index (χ4n) is 1.62. The molecule has 0 aliphatic rings. The summed E-state index contributed by atoms with van der Waals surface area (Å²) < 4.78 is 0. The van der Waals surface area contributed by atoms with Crippen molar-refractivity contribution in [3.8, 4) is 0 Å². The highest BCUT2D eigenvalue weighted by Gasteiger charge is 2.40. The molecule has 0 bridgehead atoms. The molecule has 0 amide bonds. The van der Waals surface area contributed by atoms with Crippen LogP contribution in [0.15, 0.2) is 0 Å². The molecule has 0 fully saturated rings. The maximum atomic E-state index is 10.3. The Morgan fingerprint density at radius 3 is 1.08 bits per heavy atom. The molecule has 6 N–H and O–H groups in total. The summed E-state index contributed by atoms with van der Waals surface area (Å²) in [5.74, 6) is -6.59. The molecule has 0 atom stereocenters. The Labute approximate surface area is 142 Å². The molecule has 0 aromatic rings. The summed E-state index contributed by atoms with van der Waals surface area (Å²) in [6, 6.07) is 0. The molecule has 0 aliphatic carbocycles. The van der Waals surface area contributed by atoms with Crippen LogP contribution in [-0.2, 0) is 24.0 Å². The van der Waals surface area contributed by atoms with Crippen molar-refractivity contribution in [3.05, 3.63) is 0 Å². The van der Waals surface area contributed by atoms with Crippen molar-refractivity contribution in [1.82, 2.24) is 0 Å². The summed E-state index contributed by atoms with van der Waals surface area (Å²) in [5, 5.41) is 50.3. The number of carboxylic acids is 5. The van der Waals surface area contributed by atoms with Gasteiger partial charge < -0.3 is 30.6 Å².